The number of hydrogen-bond donors (Lipinski definition) is 1. The van der Waals surface area contributed by atoms with Gasteiger partial charge in [0.05, 0.1) is 36.5 Å². The van der Waals surface area contributed by atoms with E-state index in [1.165, 1.54) is 0 Å². The minimum absolute atomic E-state index is 0.131. The lowest BCUT2D eigenvalue weighted by Gasteiger charge is -2.37. The van der Waals surface area contributed by atoms with E-state index in [0.717, 1.165) is 68.2 Å². The molecule has 5 rings (SSSR count). The van der Waals surface area contributed by atoms with Crippen LogP contribution in [0.4, 0.5) is 0 Å². The van der Waals surface area contributed by atoms with E-state index in [0.29, 0.717) is 6.61 Å². The van der Waals surface area contributed by atoms with Crippen LogP contribution in [0.5, 0.6) is 5.75 Å². The quantitative estimate of drug-likeness (QED) is 0.447. The van der Waals surface area contributed by atoms with Gasteiger partial charge in [-0.05, 0) is 49.2 Å². The van der Waals surface area contributed by atoms with Crippen LogP contribution in [0.25, 0.3) is 32.9 Å². The zero-order valence-corrected chi connectivity index (χ0v) is 17.6. The highest BCUT2D eigenvalue weighted by Crippen LogP contribution is 2.39. The van der Waals surface area contributed by atoms with Crippen LogP contribution in [0.15, 0.2) is 42.6 Å². The summed E-state index contributed by atoms with van der Waals surface area (Å²) in [5.41, 5.74) is 6.52. The van der Waals surface area contributed by atoms with E-state index in [2.05, 4.69) is 42.0 Å². The number of aromatic nitrogens is 2. The van der Waals surface area contributed by atoms with Gasteiger partial charge in [-0.15, -0.1) is 0 Å². The summed E-state index contributed by atoms with van der Waals surface area (Å²) in [6.07, 6.45) is 1.85. The number of pyridine rings is 1. The van der Waals surface area contributed by atoms with Gasteiger partial charge in [0.25, 0.3) is 0 Å². The Bertz CT molecular complexity index is 1220. The van der Waals surface area contributed by atoms with Crippen molar-refractivity contribution in [3.05, 3.63) is 58.9 Å². The highest BCUT2D eigenvalue weighted by molar-refractivity contribution is 6.34. The van der Waals surface area contributed by atoms with E-state index in [9.17, 15) is 0 Å². The number of nitrogens with one attached hydrogen (secondary N) is 1. The summed E-state index contributed by atoms with van der Waals surface area (Å²) >= 11 is 6.63. The molecular weight excluding hydrogens is 384 g/mol. The molecule has 1 aliphatic rings. The maximum atomic E-state index is 6.63. The Morgan fingerprint density at radius 3 is 2.59 bits per heavy atom. The Balaban J connectivity index is 1.57. The molecule has 1 aliphatic heterocycles. The predicted molar refractivity (Wildman–Crippen MR) is 118 cm³/mol. The van der Waals surface area contributed by atoms with Crippen molar-refractivity contribution in [3.63, 3.8) is 0 Å². The number of halogens is 1. The molecule has 0 atom stereocenters. The van der Waals surface area contributed by atoms with Crippen LogP contribution in [0.1, 0.15) is 18.2 Å². The fourth-order valence-corrected chi connectivity index (χ4v) is 4.23. The summed E-state index contributed by atoms with van der Waals surface area (Å²) in [6.45, 7) is 8.47. The zero-order chi connectivity index (χ0) is 20.2. The van der Waals surface area contributed by atoms with Crippen molar-refractivity contribution in [1.29, 1.82) is 0 Å². The second kappa shape index (κ2) is 6.75. The van der Waals surface area contributed by atoms with Gasteiger partial charge in [-0.1, -0.05) is 30.7 Å². The van der Waals surface area contributed by atoms with Gasteiger partial charge in [0, 0.05) is 33.0 Å². The Kier molecular flexibility index (Phi) is 4.30. The van der Waals surface area contributed by atoms with E-state index in [4.69, 9.17) is 21.1 Å². The summed E-state index contributed by atoms with van der Waals surface area (Å²) in [7, 11) is 0. The number of aromatic amines is 1. The van der Waals surface area contributed by atoms with E-state index in [-0.39, 0.29) is 5.41 Å². The fourth-order valence-electron chi connectivity index (χ4n) is 4.02. The van der Waals surface area contributed by atoms with E-state index < -0.39 is 0 Å². The highest BCUT2D eigenvalue weighted by atomic mass is 35.5. The molecule has 0 amide bonds. The van der Waals surface area contributed by atoms with E-state index in [1.807, 2.05) is 31.3 Å². The van der Waals surface area contributed by atoms with Crippen molar-refractivity contribution in [3.8, 4) is 16.9 Å². The lowest BCUT2D eigenvalue weighted by molar-refractivity contribution is -0.120. The molecule has 0 saturated carbocycles. The van der Waals surface area contributed by atoms with Gasteiger partial charge >= 0.3 is 0 Å². The number of benzene rings is 2. The first-order valence-electron chi connectivity index (χ1n) is 9.82. The van der Waals surface area contributed by atoms with Gasteiger partial charge in [-0.2, -0.15) is 0 Å². The Morgan fingerprint density at radius 1 is 1.14 bits per heavy atom. The van der Waals surface area contributed by atoms with Crippen molar-refractivity contribution in [1.82, 2.24) is 9.97 Å². The first-order chi connectivity index (χ1) is 14.0. The Hall–Kier alpha value is -2.56. The number of hydrogen-bond acceptors (Lipinski definition) is 3. The van der Waals surface area contributed by atoms with Gasteiger partial charge in [-0.3, -0.25) is 4.98 Å². The van der Waals surface area contributed by atoms with E-state index in [1.54, 1.807) is 0 Å². The molecular formula is C24H23ClN2O2. The molecule has 5 heteroatoms. The second-order valence-corrected chi connectivity index (χ2v) is 8.75. The molecule has 0 spiro atoms. The first kappa shape index (κ1) is 18.5. The topological polar surface area (TPSA) is 47.1 Å². The van der Waals surface area contributed by atoms with Crippen molar-refractivity contribution in [2.75, 3.05) is 19.8 Å². The molecule has 2 aromatic carbocycles. The van der Waals surface area contributed by atoms with Crippen molar-refractivity contribution in [2.24, 2.45) is 5.41 Å². The summed E-state index contributed by atoms with van der Waals surface area (Å²) in [5, 5.41) is 3.08. The number of aryl methyl sites for hydroxylation is 2. The SMILES string of the molecule is Cc1nccc2c1[nH]c1c(-c3ccc(OCC4(C)COC4)cc3)cc(Cl)c(C)c12. The van der Waals surface area contributed by atoms with E-state index >= 15 is 0 Å². The minimum Gasteiger partial charge on any atom is -0.493 e. The second-order valence-electron chi connectivity index (χ2n) is 8.34. The molecule has 1 saturated heterocycles. The number of nitrogens with zero attached hydrogens (tertiary/aromatic N) is 1. The largest absolute Gasteiger partial charge is 0.493 e. The molecule has 0 unspecified atom stereocenters. The normalized spacial score (nSPS) is 15.6. The molecule has 0 radical (unpaired) electrons. The maximum absolute atomic E-state index is 6.63. The summed E-state index contributed by atoms with van der Waals surface area (Å²) in [4.78, 5) is 8.02. The van der Waals surface area contributed by atoms with Crippen LogP contribution < -0.4 is 4.74 Å². The lowest BCUT2D eigenvalue weighted by atomic mass is 9.90. The summed E-state index contributed by atoms with van der Waals surface area (Å²) in [5.74, 6) is 0.869. The molecule has 0 bridgehead atoms. The Labute approximate surface area is 174 Å². The van der Waals surface area contributed by atoms with Gasteiger partial charge in [-0.25, -0.2) is 0 Å². The molecule has 0 aliphatic carbocycles. The average Bonchev–Trinajstić information content (AvgIpc) is 3.09. The summed E-state index contributed by atoms with van der Waals surface area (Å²) in [6, 6.07) is 12.3. The van der Waals surface area contributed by atoms with Crippen LogP contribution in [-0.4, -0.2) is 29.8 Å². The van der Waals surface area contributed by atoms with Crippen LogP contribution in [0.2, 0.25) is 5.02 Å². The third-order valence-corrected chi connectivity index (χ3v) is 6.23. The molecule has 2 aromatic heterocycles. The number of H-pyrrole nitrogens is 1. The van der Waals surface area contributed by atoms with Gasteiger partial charge in [0.1, 0.15) is 5.75 Å². The number of fused-ring (bicyclic) bond motifs is 3. The molecule has 29 heavy (non-hydrogen) atoms. The minimum atomic E-state index is 0.131. The smallest absolute Gasteiger partial charge is 0.119 e. The van der Waals surface area contributed by atoms with Crippen LogP contribution in [-0.2, 0) is 4.74 Å². The maximum Gasteiger partial charge on any atom is 0.119 e. The average molecular weight is 407 g/mol. The zero-order valence-electron chi connectivity index (χ0n) is 16.8. The van der Waals surface area contributed by atoms with Crippen LogP contribution in [0, 0.1) is 19.3 Å². The molecule has 1 N–H and O–H groups in total. The van der Waals surface area contributed by atoms with Crippen molar-refractivity contribution >= 4 is 33.4 Å². The molecule has 4 nitrogen and oxygen atoms in total. The fraction of sp³-hybridized carbons (Fsp3) is 0.292. The standard InChI is InChI=1S/C24H23ClN2O2/c1-14-20(25)10-19(23-21(14)18-8-9-26-15(2)22(18)27-23)16-4-6-17(7-5-16)29-13-24(3)11-28-12-24/h4-10,27H,11-13H2,1-3H3. The third kappa shape index (κ3) is 3.07. The molecule has 1 fully saturated rings. The van der Waals surface area contributed by atoms with Crippen LogP contribution in [0.3, 0.4) is 0 Å². The lowest BCUT2D eigenvalue weighted by Crippen LogP contribution is -2.44. The van der Waals surface area contributed by atoms with Gasteiger partial charge in [0.2, 0.25) is 0 Å². The van der Waals surface area contributed by atoms with Gasteiger partial charge in [0.15, 0.2) is 0 Å². The van der Waals surface area contributed by atoms with Crippen molar-refractivity contribution < 1.29 is 9.47 Å². The van der Waals surface area contributed by atoms with Crippen molar-refractivity contribution in [2.45, 2.75) is 20.8 Å². The van der Waals surface area contributed by atoms with Crippen LogP contribution >= 0.6 is 11.6 Å². The molecule has 3 heterocycles. The molecule has 148 valence electrons. The molecule has 4 aromatic rings. The monoisotopic (exact) mass is 406 g/mol. The number of rotatable bonds is 4. The summed E-state index contributed by atoms with van der Waals surface area (Å²) < 4.78 is 11.3. The van der Waals surface area contributed by atoms with Gasteiger partial charge < -0.3 is 14.5 Å². The third-order valence-electron chi connectivity index (χ3n) is 5.84. The highest BCUT2D eigenvalue weighted by Gasteiger charge is 2.34. The first-order valence-corrected chi connectivity index (χ1v) is 10.2. The Morgan fingerprint density at radius 2 is 1.90 bits per heavy atom. The predicted octanol–water partition coefficient (Wildman–Crippen LogP) is 6.07. The number of ether oxygens (including phenoxy) is 2.